The maximum Gasteiger partial charge on any atom is 0.0951 e. The van der Waals surface area contributed by atoms with Gasteiger partial charge in [-0.1, -0.05) is 27.7 Å². The average Bonchev–Trinajstić information content (AvgIpc) is 2.61. The van der Waals surface area contributed by atoms with Crippen LogP contribution in [0, 0.1) is 10.8 Å². The van der Waals surface area contributed by atoms with Gasteiger partial charge in [0.15, 0.2) is 0 Å². The third-order valence-corrected chi connectivity index (χ3v) is 4.03. The Kier molecular flexibility index (Phi) is 3.54. The molecule has 0 spiro atoms. The molecule has 1 saturated carbocycles. The highest BCUT2D eigenvalue weighted by Gasteiger charge is 2.39. The second-order valence-corrected chi connectivity index (χ2v) is 7.39. The summed E-state index contributed by atoms with van der Waals surface area (Å²) >= 11 is 0. The van der Waals surface area contributed by atoms with Crippen molar-refractivity contribution in [3.8, 4) is 0 Å². The van der Waals surface area contributed by atoms with Crippen LogP contribution in [0.5, 0.6) is 0 Å². The van der Waals surface area contributed by atoms with Gasteiger partial charge in [-0.25, -0.2) is 4.98 Å². The Hall–Kier alpha value is -0.830. The summed E-state index contributed by atoms with van der Waals surface area (Å²) in [4.78, 5) is 4.33. The standard InChI is InChI=1S/C15H27N3/c1-14(2)6-12(7-15(3,4)10-14)18-11-17-9-13(18)8-16-5/h9,11-12,16H,6-8,10H2,1-5H3. The lowest BCUT2D eigenvalue weighted by Crippen LogP contribution is -2.35. The zero-order chi connectivity index (χ0) is 13.4. The summed E-state index contributed by atoms with van der Waals surface area (Å²) < 4.78 is 2.39. The lowest BCUT2D eigenvalue weighted by molar-refractivity contribution is 0.0711. The summed E-state index contributed by atoms with van der Waals surface area (Å²) in [6.45, 7) is 10.5. The maximum absolute atomic E-state index is 4.33. The van der Waals surface area contributed by atoms with Crippen molar-refractivity contribution >= 4 is 0 Å². The summed E-state index contributed by atoms with van der Waals surface area (Å²) in [6, 6.07) is 0.592. The molecule has 1 aliphatic carbocycles. The van der Waals surface area contributed by atoms with Gasteiger partial charge >= 0.3 is 0 Å². The topological polar surface area (TPSA) is 29.9 Å². The van der Waals surface area contributed by atoms with Gasteiger partial charge in [0.2, 0.25) is 0 Å². The minimum atomic E-state index is 0.424. The molecule has 0 aliphatic heterocycles. The van der Waals surface area contributed by atoms with E-state index in [-0.39, 0.29) is 0 Å². The van der Waals surface area contributed by atoms with Gasteiger partial charge in [0.25, 0.3) is 0 Å². The molecule has 0 bridgehead atoms. The fourth-order valence-corrected chi connectivity index (χ4v) is 3.96. The van der Waals surface area contributed by atoms with E-state index in [0.717, 1.165) is 6.54 Å². The van der Waals surface area contributed by atoms with Crippen molar-refractivity contribution in [3.63, 3.8) is 0 Å². The first kappa shape index (κ1) is 13.6. The molecule has 0 saturated heterocycles. The Balaban J connectivity index is 2.24. The van der Waals surface area contributed by atoms with E-state index >= 15 is 0 Å². The summed E-state index contributed by atoms with van der Waals surface area (Å²) in [5.74, 6) is 0. The van der Waals surface area contributed by atoms with Gasteiger partial charge in [-0.15, -0.1) is 0 Å². The number of hydrogen-bond acceptors (Lipinski definition) is 2. The van der Waals surface area contributed by atoms with Gasteiger partial charge in [-0.05, 0) is 37.1 Å². The molecule has 3 nitrogen and oxygen atoms in total. The van der Waals surface area contributed by atoms with Gasteiger partial charge in [-0.3, -0.25) is 0 Å². The molecule has 0 radical (unpaired) electrons. The van der Waals surface area contributed by atoms with Crippen molar-refractivity contribution in [2.75, 3.05) is 7.05 Å². The van der Waals surface area contributed by atoms with Crippen molar-refractivity contribution in [1.82, 2.24) is 14.9 Å². The number of nitrogens with zero attached hydrogens (tertiary/aromatic N) is 2. The first-order valence-corrected chi connectivity index (χ1v) is 6.98. The van der Waals surface area contributed by atoms with Crippen LogP contribution in [-0.2, 0) is 6.54 Å². The molecule has 0 atom stereocenters. The van der Waals surface area contributed by atoms with Crippen molar-refractivity contribution < 1.29 is 0 Å². The molecule has 1 aromatic rings. The predicted octanol–water partition coefficient (Wildman–Crippen LogP) is 3.38. The molecule has 0 unspecified atom stereocenters. The van der Waals surface area contributed by atoms with E-state index in [1.54, 1.807) is 0 Å². The van der Waals surface area contributed by atoms with Gasteiger partial charge in [0, 0.05) is 18.8 Å². The Labute approximate surface area is 111 Å². The smallest absolute Gasteiger partial charge is 0.0951 e. The van der Waals surface area contributed by atoms with E-state index < -0.39 is 0 Å². The molecular formula is C15H27N3. The molecule has 0 amide bonds. The molecular weight excluding hydrogens is 222 g/mol. The minimum absolute atomic E-state index is 0.424. The maximum atomic E-state index is 4.33. The Morgan fingerprint density at radius 2 is 1.89 bits per heavy atom. The molecule has 1 aromatic heterocycles. The molecule has 1 aliphatic rings. The lowest BCUT2D eigenvalue weighted by Gasteiger charge is -2.45. The molecule has 102 valence electrons. The van der Waals surface area contributed by atoms with Crippen molar-refractivity contribution in [3.05, 3.63) is 18.2 Å². The average molecular weight is 249 g/mol. The highest BCUT2D eigenvalue weighted by atomic mass is 15.1. The van der Waals surface area contributed by atoms with Crippen LogP contribution < -0.4 is 5.32 Å². The van der Waals surface area contributed by atoms with E-state index in [1.165, 1.54) is 25.0 Å². The van der Waals surface area contributed by atoms with Crippen LogP contribution in [0.1, 0.15) is 58.7 Å². The molecule has 1 N–H and O–H groups in total. The van der Waals surface area contributed by atoms with E-state index in [4.69, 9.17) is 0 Å². The molecule has 1 heterocycles. The third kappa shape index (κ3) is 2.94. The van der Waals surface area contributed by atoms with Crippen molar-refractivity contribution in [1.29, 1.82) is 0 Å². The number of aromatic nitrogens is 2. The van der Waals surface area contributed by atoms with Crippen molar-refractivity contribution in [2.24, 2.45) is 10.8 Å². The van der Waals surface area contributed by atoms with Crippen LogP contribution in [-0.4, -0.2) is 16.6 Å². The molecule has 0 aromatic carbocycles. The Morgan fingerprint density at radius 1 is 1.28 bits per heavy atom. The summed E-state index contributed by atoms with van der Waals surface area (Å²) in [6.07, 6.45) is 7.82. The highest BCUT2D eigenvalue weighted by molar-refractivity contribution is 5.03. The minimum Gasteiger partial charge on any atom is -0.330 e. The fraction of sp³-hybridized carbons (Fsp3) is 0.800. The highest BCUT2D eigenvalue weighted by Crippen LogP contribution is 2.50. The zero-order valence-corrected chi connectivity index (χ0v) is 12.5. The Morgan fingerprint density at radius 3 is 2.44 bits per heavy atom. The first-order valence-electron chi connectivity index (χ1n) is 6.98. The van der Waals surface area contributed by atoms with E-state index in [0.29, 0.717) is 16.9 Å². The third-order valence-electron chi connectivity index (χ3n) is 4.03. The van der Waals surface area contributed by atoms with Gasteiger partial charge in [0.05, 0.1) is 12.0 Å². The largest absolute Gasteiger partial charge is 0.330 e. The van der Waals surface area contributed by atoms with E-state index in [9.17, 15) is 0 Å². The lowest BCUT2D eigenvalue weighted by atomic mass is 9.63. The predicted molar refractivity (Wildman–Crippen MR) is 75.4 cm³/mol. The SMILES string of the molecule is CNCc1cncn1C1CC(C)(C)CC(C)(C)C1. The fourth-order valence-electron chi connectivity index (χ4n) is 3.96. The second kappa shape index (κ2) is 4.69. The number of hydrogen-bond donors (Lipinski definition) is 1. The quantitative estimate of drug-likeness (QED) is 0.890. The number of rotatable bonds is 3. The van der Waals surface area contributed by atoms with Crippen LogP contribution in [0.4, 0.5) is 0 Å². The second-order valence-electron chi connectivity index (χ2n) is 7.39. The zero-order valence-electron chi connectivity index (χ0n) is 12.5. The number of nitrogens with one attached hydrogen (secondary N) is 1. The van der Waals surface area contributed by atoms with Gasteiger partial charge in [0.1, 0.15) is 0 Å². The Bertz CT molecular complexity index is 388. The van der Waals surface area contributed by atoms with Crippen LogP contribution >= 0.6 is 0 Å². The van der Waals surface area contributed by atoms with Crippen LogP contribution in [0.2, 0.25) is 0 Å². The van der Waals surface area contributed by atoms with E-state index in [1.807, 2.05) is 19.6 Å². The van der Waals surface area contributed by atoms with Gasteiger partial charge in [-0.2, -0.15) is 0 Å². The monoisotopic (exact) mass is 249 g/mol. The molecule has 3 heteroatoms. The van der Waals surface area contributed by atoms with Gasteiger partial charge < -0.3 is 9.88 Å². The summed E-state index contributed by atoms with van der Waals surface area (Å²) in [5.41, 5.74) is 2.15. The first-order chi connectivity index (χ1) is 8.33. The summed E-state index contributed by atoms with van der Waals surface area (Å²) in [5, 5.41) is 3.23. The van der Waals surface area contributed by atoms with Crippen LogP contribution in [0.15, 0.2) is 12.5 Å². The molecule has 1 fully saturated rings. The van der Waals surface area contributed by atoms with Crippen molar-refractivity contribution in [2.45, 2.75) is 59.5 Å². The number of imidazole rings is 1. The van der Waals surface area contributed by atoms with Crippen LogP contribution in [0.25, 0.3) is 0 Å². The molecule has 18 heavy (non-hydrogen) atoms. The summed E-state index contributed by atoms with van der Waals surface area (Å²) in [7, 11) is 1.99. The molecule has 2 rings (SSSR count). The normalized spacial score (nSPS) is 23.2. The van der Waals surface area contributed by atoms with Crippen LogP contribution in [0.3, 0.4) is 0 Å². The van der Waals surface area contributed by atoms with E-state index in [2.05, 4.69) is 42.6 Å².